The first-order valence-corrected chi connectivity index (χ1v) is 10.1. The summed E-state index contributed by atoms with van der Waals surface area (Å²) in [6.07, 6.45) is 1.57. The number of carbonyl (C=O) groups excluding carboxylic acids is 2. The van der Waals surface area contributed by atoms with E-state index in [1.807, 2.05) is 43.5 Å². The molecule has 0 unspecified atom stereocenters. The first kappa shape index (κ1) is 20.7. The first-order chi connectivity index (χ1) is 14.0. The third kappa shape index (κ3) is 5.05. The van der Waals surface area contributed by atoms with E-state index in [0.29, 0.717) is 23.3 Å². The number of aryl methyl sites for hydroxylation is 2. The maximum absolute atomic E-state index is 12.1. The fourth-order valence-electron chi connectivity index (χ4n) is 2.77. The van der Waals surface area contributed by atoms with E-state index < -0.39 is 5.97 Å². The summed E-state index contributed by atoms with van der Waals surface area (Å²) in [6, 6.07) is 9.31. The van der Waals surface area contributed by atoms with Gasteiger partial charge in [0.25, 0.3) is 5.91 Å². The Labute approximate surface area is 172 Å². The SMILES string of the molecule is CCn1c(SCC(=O)OCC(=O)Nc2c(C)cccc2C)nnc1-c1ccco1. The molecule has 0 aliphatic rings. The molecule has 29 heavy (non-hydrogen) atoms. The molecular formula is C20H22N4O4S. The van der Waals surface area contributed by atoms with Gasteiger partial charge in [-0.05, 0) is 44.0 Å². The van der Waals surface area contributed by atoms with Crippen LogP contribution in [-0.4, -0.2) is 39.0 Å². The van der Waals surface area contributed by atoms with Gasteiger partial charge in [0.05, 0.1) is 12.0 Å². The third-order valence-corrected chi connectivity index (χ3v) is 5.14. The smallest absolute Gasteiger partial charge is 0.316 e. The molecule has 0 aliphatic carbocycles. The molecule has 0 saturated carbocycles. The minimum absolute atomic E-state index is 0.0208. The van der Waals surface area contributed by atoms with Gasteiger partial charge in [-0.25, -0.2) is 0 Å². The zero-order valence-electron chi connectivity index (χ0n) is 16.5. The van der Waals surface area contributed by atoms with E-state index >= 15 is 0 Å². The molecule has 1 aromatic carbocycles. The van der Waals surface area contributed by atoms with Gasteiger partial charge < -0.3 is 14.5 Å². The number of hydrogen-bond donors (Lipinski definition) is 1. The molecule has 0 bridgehead atoms. The van der Waals surface area contributed by atoms with Gasteiger partial charge >= 0.3 is 5.97 Å². The van der Waals surface area contributed by atoms with Crippen LogP contribution in [0.5, 0.6) is 0 Å². The summed E-state index contributed by atoms with van der Waals surface area (Å²) in [5, 5.41) is 11.6. The first-order valence-electron chi connectivity index (χ1n) is 9.11. The number of rotatable bonds is 8. The topological polar surface area (TPSA) is 99.2 Å². The molecule has 2 heterocycles. The van der Waals surface area contributed by atoms with Crippen molar-refractivity contribution in [2.45, 2.75) is 32.5 Å². The van der Waals surface area contributed by atoms with E-state index in [-0.39, 0.29) is 18.3 Å². The number of aromatic nitrogens is 3. The summed E-state index contributed by atoms with van der Waals surface area (Å²) >= 11 is 1.20. The number of para-hydroxylation sites is 1. The Balaban J connectivity index is 1.51. The molecule has 1 N–H and O–H groups in total. The zero-order valence-corrected chi connectivity index (χ0v) is 17.3. The molecule has 0 saturated heterocycles. The predicted molar refractivity (Wildman–Crippen MR) is 110 cm³/mol. The van der Waals surface area contributed by atoms with Gasteiger partial charge in [-0.3, -0.25) is 14.2 Å². The summed E-state index contributed by atoms with van der Waals surface area (Å²) < 4.78 is 12.3. The Morgan fingerprint density at radius 2 is 1.93 bits per heavy atom. The molecule has 2 aromatic heterocycles. The number of esters is 1. The van der Waals surface area contributed by atoms with Crippen LogP contribution in [0.15, 0.2) is 46.2 Å². The number of benzene rings is 1. The van der Waals surface area contributed by atoms with Crippen molar-refractivity contribution in [2.75, 3.05) is 17.7 Å². The minimum Gasteiger partial charge on any atom is -0.461 e. The van der Waals surface area contributed by atoms with Crippen molar-refractivity contribution in [3.8, 4) is 11.6 Å². The molecule has 0 radical (unpaired) electrons. The summed E-state index contributed by atoms with van der Waals surface area (Å²) in [5.41, 5.74) is 2.64. The second kappa shape index (κ2) is 9.42. The number of hydrogen-bond acceptors (Lipinski definition) is 7. The number of ether oxygens (including phenoxy) is 1. The van der Waals surface area contributed by atoms with Crippen molar-refractivity contribution in [1.82, 2.24) is 14.8 Å². The monoisotopic (exact) mass is 414 g/mol. The van der Waals surface area contributed by atoms with Gasteiger partial charge in [-0.15, -0.1) is 10.2 Å². The van der Waals surface area contributed by atoms with Gasteiger partial charge in [0.2, 0.25) is 0 Å². The van der Waals surface area contributed by atoms with Crippen LogP contribution >= 0.6 is 11.8 Å². The average molecular weight is 414 g/mol. The van der Waals surface area contributed by atoms with Crippen LogP contribution in [0.1, 0.15) is 18.1 Å². The number of nitrogens with zero attached hydrogens (tertiary/aromatic N) is 3. The second-order valence-electron chi connectivity index (χ2n) is 6.29. The zero-order chi connectivity index (χ0) is 20.8. The van der Waals surface area contributed by atoms with E-state index in [1.165, 1.54) is 11.8 Å². The van der Waals surface area contributed by atoms with Crippen LogP contribution in [0.4, 0.5) is 5.69 Å². The Morgan fingerprint density at radius 1 is 1.17 bits per heavy atom. The molecule has 3 aromatic rings. The lowest BCUT2D eigenvalue weighted by atomic mass is 10.1. The molecule has 8 nitrogen and oxygen atoms in total. The summed E-state index contributed by atoms with van der Waals surface area (Å²) in [5.74, 6) is 0.347. The van der Waals surface area contributed by atoms with E-state index in [1.54, 1.807) is 18.4 Å². The van der Waals surface area contributed by atoms with Gasteiger partial charge in [-0.2, -0.15) is 0 Å². The molecule has 0 fully saturated rings. The number of nitrogens with one attached hydrogen (secondary N) is 1. The van der Waals surface area contributed by atoms with Gasteiger partial charge in [0.1, 0.15) is 0 Å². The van der Waals surface area contributed by atoms with E-state index in [9.17, 15) is 9.59 Å². The number of thioether (sulfide) groups is 1. The van der Waals surface area contributed by atoms with Crippen LogP contribution in [0.2, 0.25) is 0 Å². The minimum atomic E-state index is -0.503. The highest BCUT2D eigenvalue weighted by molar-refractivity contribution is 7.99. The Bertz CT molecular complexity index is 978. The number of anilines is 1. The molecule has 0 spiro atoms. The normalized spacial score (nSPS) is 10.7. The highest BCUT2D eigenvalue weighted by Crippen LogP contribution is 2.24. The molecule has 3 rings (SSSR count). The lowest BCUT2D eigenvalue weighted by Gasteiger charge is -2.11. The van der Waals surface area contributed by atoms with Crippen molar-refractivity contribution >= 4 is 29.3 Å². The largest absolute Gasteiger partial charge is 0.461 e. The van der Waals surface area contributed by atoms with Crippen molar-refractivity contribution in [3.05, 3.63) is 47.7 Å². The Hall–Kier alpha value is -3.07. The molecular weight excluding hydrogens is 392 g/mol. The van der Waals surface area contributed by atoms with Crippen molar-refractivity contribution < 1.29 is 18.7 Å². The lowest BCUT2D eigenvalue weighted by molar-refractivity contribution is -0.144. The Kier molecular flexibility index (Phi) is 6.71. The van der Waals surface area contributed by atoms with Gasteiger partial charge in [0, 0.05) is 12.2 Å². The number of amides is 1. The maximum Gasteiger partial charge on any atom is 0.316 e. The molecule has 0 aliphatic heterocycles. The standard InChI is InChI=1S/C20H22N4O4S/c1-4-24-19(15-9-6-10-27-15)22-23-20(24)29-12-17(26)28-11-16(25)21-18-13(2)7-5-8-14(18)3/h5-10H,4,11-12H2,1-3H3,(H,21,25). The second-order valence-corrected chi connectivity index (χ2v) is 7.23. The predicted octanol–water partition coefficient (Wildman–Crippen LogP) is 3.45. The van der Waals surface area contributed by atoms with Gasteiger partial charge in [0.15, 0.2) is 23.3 Å². The van der Waals surface area contributed by atoms with Crippen LogP contribution in [0.3, 0.4) is 0 Å². The highest BCUT2D eigenvalue weighted by atomic mass is 32.2. The van der Waals surface area contributed by atoms with Crippen LogP contribution in [0, 0.1) is 13.8 Å². The Morgan fingerprint density at radius 3 is 2.59 bits per heavy atom. The molecule has 0 atom stereocenters. The third-order valence-electron chi connectivity index (χ3n) is 4.20. The van der Waals surface area contributed by atoms with Crippen molar-refractivity contribution in [1.29, 1.82) is 0 Å². The van der Waals surface area contributed by atoms with E-state index in [4.69, 9.17) is 9.15 Å². The van der Waals surface area contributed by atoms with Crippen LogP contribution in [0.25, 0.3) is 11.6 Å². The van der Waals surface area contributed by atoms with Gasteiger partial charge in [-0.1, -0.05) is 30.0 Å². The quantitative estimate of drug-likeness (QED) is 0.445. The lowest BCUT2D eigenvalue weighted by Crippen LogP contribution is -2.22. The summed E-state index contributed by atoms with van der Waals surface area (Å²) in [6.45, 7) is 6.05. The van der Waals surface area contributed by atoms with Crippen LogP contribution in [-0.2, 0) is 20.9 Å². The van der Waals surface area contributed by atoms with Crippen molar-refractivity contribution in [3.63, 3.8) is 0 Å². The highest BCUT2D eigenvalue weighted by Gasteiger charge is 2.17. The average Bonchev–Trinajstić information content (AvgIpc) is 3.36. The fraction of sp³-hybridized carbons (Fsp3) is 0.300. The number of carbonyl (C=O) groups is 2. The summed E-state index contributed by atoms with van der Waals surface area (Å²) in [7, 11) is 0. The summed E-state index contributed by atoms with van der Waals surface area (Å²) in [4.78, 5) is 24.1. The van der Waals surface area contributed by atoms with E-state index in [2.05, 4.69) is 15.5 Å². The molecule has 1 amide bonds. The number of furan rings is 1. The van der Waals surface area contributed by atoms with E-state index in [0.717, 1.165) is 16.8 Å². The van der Waals surface area contributed by atoms with Crippen molar-refractivity contribution in [2.24, 2.45) is 0 Å². The molecule has 9 heteroatoms. The fourth-order valence-corrected chi connectivity index (χ4v) is 3.57. The van der Waals surface area contributed by atoms with Crippen LogP contribution < -0.4 is 5.32 Å². The molecule has 152 valence electrons. The maximum atomic E-state index is 12.1.